The molecule has 2 rings (SSSR count). The predicted octanol–water partition coefficient (Wildman–Crippen LogP) is 1.71. The summed E-state index contributed by atoms with van der Waals surface area (Å²) in [6, 6.07) is 4.14. The van der Waals surface area contributed by atoms with Crippen LogP contribution in [0.2, 0.25) is 0 Å². The van der Waals surface area contributed by atoms with Crippen LogP contribution < -0.4 is 0 Å². The number of rotatable bonds is 3. The molecular formula is C12H14F3NO3S. The molecule has 1 aromatic rings. The quantitative estimate of drug-likeness (QED) is 0.925. The third kappa shape index (κ3) is 2.82. The highest BCUT2D eigenvalue weighted by Gasteiger charge is 2.40. The second-order valence-electron chi connectivity index (χ2n) is 4.69. The number of halogens is 3. The topological polar surface area (TPSA) is 57.6 Å². The summed E-state index contributed by atoms with van der Waals surface area (Å²) in [6.07, 6.45) is -4.27. The molecule has 0 spiro atoms. The molecular weight excluding hydrogens is 295 g/mol. The second kappa shape index (κ2) is 5.34. The van der Waals surface area contributed by atoms with Crippen LogP contribution >= 0.6 is 0 Å². The molecule has 4 nitrogen and oxygen atoms in total. The van der Waals surface area contributed by atoms with Crippen molar-refractivity contribution in [1.82, 2.24) is 4.31 Å². The normalized spacial score (nSPS) is 21.3. The summed E-state index contributed by atoms with van der Waals surface area (Å²) in [5.41, 5.74) is -1.16. The van der Waals surface area contributed by atoms with Crippen molar-refractivity contribution >= 4 is 10.0 Å². The van der Waals surface area contributed by atoms with Crippen molar-refractivity contribution in [3.63, 3.8) is 0 Å². The standard InChI is InChI=1S/C12H14F3NO3S/c13-12(14,15)10-3-1-2-4-11(10)20(18,19)16-6-5-9(7-16)8-17/h1-4,9,17H,5-8H2/t9-/m0/s1. The molecule has 0 saturated carbocycles. The van der Waals surface area contributed by atoms with E-state index in [4.69, 9.17) is 5.11 Å². The van der Waals surface area contributed by atoms with Crippen molar-refractivity contribution in [3.05, 3.63) is 29.8 Å². The van der Waals surface area contributed by atoms with E-state index in [0.29, 0.717) is 6.42 Å². The maximum atomic E-state index is 12.9. The van der Waals surface area contributed by atoms with Crippen LogP contribution in [0.4, 0.5) is 13.2 Å². The van der Waals surface area contributed by atoms with Crippen molar-refractivity contribution < 1.29 is 26.7 Å². The number of alkyl halides is 3. The van der Waals surface area contributed by atoms with Crippen LogP contribution in [0.5, 0.6) is 0 Å². The van der Waals surface area contributed by atoms with Crippen LogP contribution in [-0.4, -0.2) is 37.5 Å². The van der Waals surface area contributed by atoms with Gasteiger partial charge in [0.1, 0.15) is 0 Å². The number of benzene rings is 1. The van der Waals surface area contributed by atoms with Gasteiger partial charge in [-0.25, -0.2) is 8.42 Å². The van der Waals surface area contributed by atoms with Gasteiger partial charge in [0.25, 0.3) is 0 Å². The Morgan fingerprint density at radius 1 is 1.30 bits per heavy atom. The van der Waals surface area contributed by atoms with Gasteiger partial charge < -0.3 is 5.11 Å². The van der Waals surface area contributed by atoms with E-state index in [-0.39, 0.29) is 25.6 Å². The average Bonchev–Trinajstić information content (AvgIpc) is 2.87. The molecule has 0 radical (unpaired) electrons. The third-order valence-corrected chi connectivity index (χ3v) is 5.24. The van der Waals surface area contributed by atoms with E-state index in [1.807, 2.05) is 0 Å². The molecule has 112 valence electrons. The molecule has 0 aliphatic carbocycles. The number of nitrogens with zero attached hydrogens (tertiary/aromatic N) is 1. The highest BCUT2D eigenvalue weighted by atomic mass is 32.2. The van der Waals surface area contributed by atoms with Gasteiger partial charge >= 0.3 is 6.18 Å². The minimum absolute atomic E-state index is 0.0467. The molecule has 1 aliphatic rings. The van der Waals surface area contributed by atoms with Gasteiger partial charge in [0.2, 0.25) is 10.0 Å². The Morgan fingerprint density at radius 2 is 1.95 bits per heavy atom. The summed E-state index contributed by atoms with van der Waals surface area (Å²) in [6.45, 7) is -0.00227. The summed E-state index contributed by atoms with van der Waals surface area (Å²) in [4.78, 5) is -0.730. The van der Waals surface area contributed by atoms with Crippen LogP contribution in [0.3, 0.4) is 0 Å². The Kier molecular flexibility index (Phi) is 4.08. The first-order valence-corrected chi connectivity index (χ1v) is 7.48. The zero-order valence-corrected chi connectivity index (χ0v) is 11.3. The first-order chi connectivity index (χ1) is 9.26. The predicted molar refractivity (Wildman–Crippen MR) is 65.4 cm³/mol. The third-order valence-electron chi connectivity index (χ3n) is 3.32. The van der Waals surface area contributed by atoms with E-state index in [1.165, 1.54) is 6.07 Å². The Balaban J connectivity index is 2.41. The van der Waals surface area contributed by atoms with E-state index in [2.05, 4.69) is 0 Å². The van der Waals surface area contributed by atoms with Gasteiger partial charge in [-0.2, -0.15) is 17.5 Å². The average molecular weight is 309 g/mol. The molecule has 8 heteroatoms. The largest absolute Gasteiger partial charge is 0.417 e. The zero-order valence-electron chi connectivity index (χ0n) is 10.5. The van der Waals surface area contributed by atoms with Crippen molar-refractivity contribution in [2.24, 2.45) is 5.92 Å². The van der Waals surface area contributed by atoms with Crippen molar-refractivity contribution in [1.29, 1.82) is 0 Å². The van der Waals surface area contributed by atoms with Crippen molar-refractivity contribution in [2.45, 2.75) is 17.5 Å². The lowest BCUT2D eigenvalue weighted by atomic mass is 10.1. The highest BCUT2D eigenvalue weighted by molar-refractivity contribution is 7.89. The molecule has 1 atom stereocenters. The lowest BCUT2D eigenvalue weighted by Gasteiger charge is -2.19. The summed E-state index contributed by atoms with van der Waals surface area (Å²) in [5, 5.41) is 9.00. The van der Waals surface area contributed by atoms with Crippen LogP contribution in [0, 0.1) is 5.92 Å². The number of aliphatic hydroxyl groups excluding tert-OH is 1. The van der Waals surface area contributed by atoms with Crippen LogP contribution in [0.25, 0.3) is 0 Å². The molecule has 1 N–H and O–H groups in total. The van der Waals surface area contributed by atoms with E-state index in [0.717, 1.165) is 22.5 Å². The summed E-state index contributed by atoms with van der Waals surface area (Å²) >= 11 is 0. The fourth-order valence-electron chi connectivity index (χ4n) is 2.23. The van der Waals surface area contributed by atoms with Crippen LogP contribution in [0.1, 0.15) is 12.0 Å². The molecule has 0 unspecified atom stereocenters. The Hall–Kier alpha value is -1.12. The minimum atomic E-state index is -4.72. The summed E-state index contributed by atoms with van der Waals surface area (Å²) in [7, 11) is -4.19. The fourth-order valence-corrected chi connectivity index (χ4v) is 3.97. The first-order valence-electron chi connectivity index (χ1n) is 6.04. The molecule has 0 bridgehead atoms. The van der Waals surface area contributed by atoms with Gasteiger partial charge in [-0.15, -0.1) is 0 Å². The second-order valence-corrected chi connectivity index (χ2v) is 6.60. The van der Waals surface area contributed by atoms with E-state index < -0.39 is 26.7 Å². The van der Waals surface area contributed by atoms with Crippen molar-refractivity contribution in [2.75, 3.05) is 19.7 Å². The number of sulfonamides is 1. The Bertz CT molecular complexity index is 586. The first kappa shape index (κ1) is 15.3. The molecule has 0 aromatic heterocycles. The Morgan fingerprint density at radius 3 is 2.50 bits per heavy atom. The van der Waals surface area contributed by atoms with Gasteiger partial charge in [-0.3, -0.25) is 0 Å². The van der Waals surface area contributed by atoms with E-state index >= 15 is 0 Å². The van der Waals surface area contributed by atoms with Gasteiger partial charge in [-0.05, 0) is 24.5 Å². The lowest BCUT2D eigenvalue weighted by molar-refractivity contribution is -0.139. The van der Waals surface area contributed by atoms with E-state index in [9.17, 15) is 21.6 Å². The molecule has 1 aromatic carbocycles. The monoisotopic (exact) mass is 309 g/mol. The maximum Gasteiger partial charge on any atom is 0.417 e. The molecule has 0 amide bonds. The van der Waals surface area contributed by atoms with Crippen LogP contribution in [-0.2, 0) is 16.2 Å². The lowest BCUT2D eigenvalue weighted by Crippen LogP contribution is -2.31. The molecule has 1 fully saturated rings. The Labute approximate surface area is 114 Å². The molecule has 1 heterocycles. The minimum Gasteiger partial charge on any atom is -0.396 e. The van der Waals surface area contributed by atoms with Crippen molar-refractivity contribution in [3.8, 4) is 0 Å². The van der Waals surface area contributed by atoms with Gasteiger partial charge in [0, 0.05) is 19.7 Å². The summed E-state index contributed by atoms with van der Waals surface area (Å²) in [5.74, 6) is -0.220. The molecule has 1 saturated heterocycles. The SMILES string of the molecule is O=S(=O)(c1ccccc1C(F)(F)F)N1CC[C@H](CO)C1. The number of hydrogen-bond donors (Lipinski definition) is 1. The maximum absolute atomic E-state index is 12.9. The number of aliphatic hydroxyl groups is 1. The smallest absolute Gasteiger partial charge is 0.396 e. The molecule has 1 aliphatic heterocycles. The van der Waals surface area contributed by atoms with E-state index in [1.54, 1.807) is 0 Å². The summed E-state index contributed by atoms with van der Waals surface area (Å²) < 4.78 is 64.3. The van der Waals surface area contributed by atoms with Gasteiger partial charge in [0.05, 0.1) is 10.5 Å². The molecule has 20 heavy (non-hydrogen) atoms. The highest BCUT2D eigenvalue weighted by Crippen LogP contribution is 2.36. The van der Waals surface area contributed by atoms with Gasteiger partial charge in [0.15, 0.2) is 0 Å². The zero-order chi connectivity index (χ0) is 15.0. The number of hydrogen-bond acceptors (Lipinski definition) is 3. The van der Waals surface area contributed by atoms with Crippen LogP contribution in [0.15, 0.2) is 29.2 Å². The van der Waals surface area contributed by atoms with Gasteiger partial charge in [-0.1, -0.05) is 12.1 Å². The fraction of sp³-hybridized carbons (Fsp3) is 0.500.